The molecule has 2 amide bonds. The van der Waals surface area contributed by atoms with E-state index in [1.165, 1.54) is 18.4 Å². The zero-order chi connectivity index (χ0) is 21.3. The quantitative estimate of drug-likeness (QED) is 0.732. The molecule has 4 rings (SSSR count). The van der Waals surface area contributed by atoms with Crippen molar-refractivity contribution < 1.29 is 22.7 Å². The molecule has 1 aromatic heterocycles. The van der Waals surface area contributed by atoms with E-state index in [0.717, 1.165) is 36.1 Å². The molecule has 2 aromatic rings. The molecule has 0 radical (unpaired) electrons. The molecule has 2 N–H and O–H groups in total. The topological polar surface area (TPSA) is 102 Å². The van der Waals surface area contributed by atoms with Gasteiger partial charge in [0.05, 0.1) is 24.2 Å². The average molecular weight is 449 g/mol. The Labute approximate surface area is 179 Å². The van der Waals surface area contributed by atoms with Gasteiger partial charge in [-0.05, 0) is 55.9 Å². The fraction of sp³-hybridized carbons (Fsp3) is 0.429. The van der Waals surface area contributed by atoms with Crippen LogP contribution in [0.25, 0.3) is 0 Å². The van der Waals surface area contributed by atoms with Gasteiger partial charge >= 0.3 is 0 Å². The number of ether oxygens (including phenoxy) is 1. The molecule has 30 heavy (non-hydrogen) atoms. The molecule has 0 spiro atoms. The first-order valence-corrected chi connectivity index (χ1v) is 12.6. The highest BCUT2D eigenvalue weighted by Crippen LogP contribution is 2.38. The monoisotopic (exact) mass is 448 g/mol. The van der Waals surface area contributed by atoms with Crippen LogP contribution in [-0.4, -0.2) is 44.9 Å². The summed E-state index contributed by atoms with van der Waals surface area (Å²) in [5.74, 6) is 0.0198. The van der Waals surface area contributed by atoms with Gasteiger partial charge in [0.2, 0.25) is 0 Å². The summed E-state index contributed by atoms with van der Waals surface area (Å²) in [6.07, 6.45) is 4.13. The fourth-order valence-corrected chi connectivity index (χ4v) is 6.96. The molecule has 1 aliphatic carbocycles. The van der Waals surface area contributed by atoms with Gasteiger partial charge in [-0.2, -0.15) is 0 Å². The Balaban J connectivity index is 1.60. The summed E-state index contributed by atoms with van der Waals surface area (Å²) in [5, 5.41) is 6.30. The van der Waals surface area contributed by atoms with E-state index < -0.39 is 9.84 Å². The summed E-state index contributed by atoms with van der Waals surface area (Å²) in [5.41, 5.74) is 1.90. The first-order chi connectivity index (χ1) is 14.4. The van der Waals surface area contributed by atoms with Crippen molar-refractivity contribution in [3.8, 4) is 5.75 Å². The molecule has 1 aromatic carbocycles. The Kier molecular flexibility index (Phi) is 5.84. The van der Waals surface area contributed by atoms with Crippen LogP contribution in [0.3, 0.4) is 0 Å². The molecule has 7 nitrogen and oxygen atoms in total. The maximum Gasteiger partial charge on any atom is 0.256 e. The molecule has 1 aliphatic heterocycles. The van der Waals surface area contributed by atoms with Gasteiger partial charge < -0.3 is 15.4 Å². The molecule has 160 valence electrons. The van der Waals surface area contributed by atoms with Crippen molar-refractivity contribution in [3.63, 3.8) is 0 Å². The minimum atomic E-state index is -3.09. The predicted octanol–water partition coefficient (Wildman–Crippen LogP) is 2.80. The largest absolute Gasteiger partial charge is 0.497 e. The second kappa shape index (κ2) is 8.39. The molecular weight excluding hydrogens is 424 g/mol. The maximum absolute atomic E-state index is 13.1. The van der Waals surface area contributed by atoms with Gasteiger partial charge in [-0.1, -0.05) is 6.07 Å². The number of carbonyl (C=O) groups excluding carboxylic acids is 2. The van der Waals surface area contributed by atoms with Gasteiger partial charge in [0.1, 0.15) is 10.8 Å². The zero-order valence-corrected chi connectivity index (χ0v) is 18.3. The highest BCUT2D eigenvalue weighted by Gasteiger charge is 2.32. The van der Waals surface area contributed by atoms with Crippen LogP contribution in [0.1, 0.15) is 50.4 Å². The van der Waals surface area contributed by atoms with Crippen molar-refractivity contribution in [2.24, 2.45) is 0 Å². The number of nitrogens with one attached hydrogen (secondary N) is 2. The molecule has 1 atom stereocenters. The molecule has 1 fully saturated rings. The van der Waals surface area contributed by atoms with Crippen LogP contribution in [0.2, 0.25) is 0 Å². The molecule has 0 bridgehead atoms. The summed E-state index contributed by atoms with van der Waals surface area (Å²) >= 11 is 1.44. The lowest BCUT2D eigenvalue weighted by Gasteiger charge is -2.15. The third-order valence-corrected chi connectivity index (χ3v) is 8.50. The lowest BCUT2D eigenvalue weighted by atomic mass is 9.95. The van der Waals surface area contributed by atoms with E-state index in [4.69, 9.17) is 4.74 Å². The van der Waals surface area contributed by atoms with Gasteiger partial charge in [0.25, 0.3) is 11.8 Å². The highest BCUT2D eigenvalue weighted by molar-refractivity contribution is 7.91. The maximum atomic E-state index is 13.1. The van der Waals surface area contributed by atoms with Gasteiger partial charge in [0.15, 0.2) is 9.84 Å². The number of benzene rings is 1. The lowest BCUT2D eigenvalue weighted by Crippen LogP contribution is -2.36. The first-order valence-electron chi connectivity index (χ1n) is 9.97. The Hall–Kier alpha value is -2.39. The summed E-state index contributed by atoms with van der Waals surface area (Å²) in [4.78, 5) is 27.1. The molecule has 0 saturated carbocycles. The van der Waals surface area contributed by atoms with Gasteiger partial charge in [-0.3, -0.25) is 9.59 Å². The smallest absolute Gasteiger partial charge is 0.256 e. The number of hydrogen-bond donors (Lipinski definition) is 2. The minimum Gasteiger partial charge on any atom is -0.497 e. The summed E-state index contributed by atoms with van der Waals surface area (Å²) in [6.45, 7) is 0. The van der Waals surface area contributed by atoms with Crippen LogP contribution < -0.4 is 15.4 Å². The van der Waals surface area contributed by atoms with E-state index in [2.05, 4.69) is 10.6 Å². The van der Waals surface area contributed by atoms with Crippen molar-refractivity contribution in [1.29, 1.82) is 0 Å². The van der Waals surface area contributed by atoms with Crippen molar-refractivity contribution in [2.75, 3.05) is 23.9 Å². The number of fused-ring (bicyclic) bond motifs is 1. The molecular formula is C21H24N2O5S2. The molecule has 2 heterocycles. The molecule has 1 saturated heterocycles. The van der Waals surface area contributed by atoms with Crippen molar-refractivity contribution in [2.45, 2.75) is 38.1 Å². The minimum absolute atomic E-state index is 0.0312. The van der Waals surface area contributed by atoms with E-state index in [-0.39, 0.29) is 29.4 Å². The summed E-state index contributed by atoms with van der Waals surface area (Å²) in [6, 6.07) is 6.44. The Morgan fingerprint density at radius 2 is 1.97 bits per heavy atom. The van der Waals surface area contributed by atoms with Crippen molar-refractivity contribution in [3.05, 3.63) is 45.8 Å². The van der Waals surface area contributed by atoms with Crippen LogP contribution in [0.5, 0.6) is 5.75 Å². The fourth-order valence-electron chi connectivity index (χ4n) is 4.00. The van der Waals surface area contributed by atoms with Crippen LogP contribution in [0.15, 0.2) is 24.3 Å². The number of hydrogen-bond acceptors (Lipinski definition) is 6. The number of sulfone groups is 1. The van der Waals surface area contributed by atoms with E-state index in [1.54, 1.807) is 24.3 Å². The Morgan fingerprint density at radius 1 is 1.17 bits per heavy atom. The highest BCUT2D eigenvalue weighted by atomic mass is 32.2. The number of aryl methyl sites for hydroxylation is 1. The van der Waals surface area contributed by atoms with E-state index in [0.29, 0.717) is 28.3 Å². The Morgan fingerprint density at radius 3 is 2.70 bits per heavy atom. The molecule has 1 unspecified atom stereocenters. The number of anilines is 1. The SMILES string of the molecule is COc1cccc(C(=O)Nc2sc3c(c2C(=O)NC2CCS(=O)(=O)C2)CCCC3)c1. The van der Waals surface area contributed by atoms with Crippen LogP contribution in [0.4, 0.5) is 5.00 Å². The standard InChI is InChI=1S/C21H24N2O5S2/c1-28-15-6-4-5-13(11-15)19(24)23-21-18(16-7-2-3-8-17(16)29-21)20(25)22-14-9-10-30(26,27)12-14/h4-6,11,14H,2-3,7-10,12H2,1H3,(H,22,25)(H,23,24). The number of rotatable bonds is 5. The van der Waals surface area contributed by atoms with Crippen molar-refractivity contribution >= 4 is 38.0 Å². The van der Waals surface area contributed by atoms with Gasteiger partial charge in [0, 0.05) is 16.5 Å². The third-order valence-electron chi connectivity index (χ3n) is 5.53. The zero-order valence-electron chi connectivity index (χ0n) is 16.7. The predicted molar refractivity (Wildman–Crippen MR) is 116 cm³/mol. The van der Waals surface area contributed by atoms with E-state index in [1.807, 2.05) is 0 Å². The number of methoxy groups -OCH3 is 1. The third kappa shape index (κ3) is 4.37. The van der Waals surface area contributed by atoms with E-state index >= 15 is 0 Å². The second-order valence-electron chi connectivity index (χ2n) is 7.67. The molecule has 9 heteroatoms. The Bertz CT molecular complexity index is 1090. The van der Waals surface area contributed by atoms with Gasteiger partial charge in [-0.15, -0.1) is 11.3 Å². The summed E-state index contributed by atoms with van der Waals surface area (Å²) in [7, 11) is -1.56. The van der Waals surface area contributed by atoms with Crippen molar-refractivity contribution in [1.82, 2.24) is 5.32 Å². The van der Waals surface area contributed by atoms with Crippen LogP contribution in [0, 0.1) is 0 Å². The van der Waals surface area contributed by atoms with Gasteiger partial charge in [-0.25, -0.2) is 8.42 Å². The molecule has 2 aliphatic rings. The average Bonchev–Trinajstić information content (AvgIpc) is 3.26. The normalized spacial score (nSPS) is 19.7. The number of amides is 2. The lowest BCUT2D eigenvalue weighted by molar-refractivity contribution is 0.0941. The van der Waals surface area contributed by atoms with E-state index in [9.17, 15) is 18.0 Å². The number of thiophene rings is 1. The second-order valence-corrected chi connectivity index (χ2v) is 11.0. The first kappa shape index (κ1) is 20.9. The van der Waals surface area contributed by atoms with Crippen LogP contribution >= 0.6 is 11.3 Å². The number of carbonyl (C=O) groups is 2. The summed E-state index contributed by atoms with van der Waals surface area (Å²) < 4.78 is 28.7. The van der Waals surface area contributed by atoms with Crippen LogP contribution in [-0.2, 0) is 22.7 Å².